The molecule has 0 saturated heterocycles. The van der Waals surface area contributed by atoms with Gasteiger partial charge in [0.2, 0.25) is 0 Å². The van der Waals surface area contributed by atoms with Crippen LogP contribution in [-0.4, -0.2) is 28.3 Å². The number of rotatable bonds is 6. The normalized spacial score (nSPS) is 18.0. The highest BCUT2D eigenvalue weighted by molar-refractivity contribution is 9.10. The lowest BCUT2D eigenvalue weighted by molar-refractivity contribution is -0.135. The minimum Gasteiger partial charge on any atom is -0.375 e. The van der Waals surface area contributed by atoms with Crippen LogP contribution in [0, 0.1) is 0 Å². The lowest BCUT2D eigenvalue weighted by atomic mass is 9.89. The van der Waals surface area contributed by atoms with E-state index < -0.39 is 11.5 Å². The topological polar surface area (TPSA) is 70.5 Å². The molecule has 0 unspecified atom stereocenters. The molecule has 29 heavy (non-hydrogen) atoms. The van der Waals surface area contributed by atoms with Gasteiger partial charge in [0, 0.05) is 22.8 Å². The molecular weight excluding hydrogens is 432 g/mol. The van der Waals surface area contributed by atoms with Gasteiger partial charge in [0.05, 0.1) is 12.1 Å². The molecule has 1 N–H and O–H groups in total. The van der Waals surface area contributed by atoms with Gasteiger partial charge in [-0.2, -0.15) is 0 Å². The van der Waals surface area contributed by atoms with Gasteiger partial charge in [0.25, 0.3) is 5.91 Å². The number of aromatic nitrogens is 1. The lowest BCUT2D eigenvalue weighted by Crippen LogP contribution is -2.42. The van der Waals surface area contributed by atoms with E-state index in [1.807, 2.05) is 36.4 Å². The first-order chi connectivity index (χ1) is 14.0. The molecule has 146 valence electrons. The van der Waals surface area contributed by atoms with Gasteiger partial charge in [0.15, 0.2) is 11.4 Å². The van der Waals surface area contributed by atoms with Crippen LogP contribution in [0.4, 0.5) is 5.69 Å². The maximum Gasteiger partial charge on any atom is 0.264 e. The second-order valence-electron chi connectivity index (χ2n) is 7.03. The molecular formula is C23H19BrN2O3. The molecule has 2 aromatic carbocycles. The van der Waals surface area contributed by atoms with Crippen LogP contribution in [0.2, 0.25) is 0 Å². The smallest absolute Gasteiger partial charge is 0.264 e. The van der Waals surface area contributed by atoms with Crippen LogP contribution in [0.1, 0.15) is 28.0 Å². The summed E-state index contributed by atoms with van der Waals surface area (Å²) in [7, 11) is 0. The SMILES string of the molecule is O=C(C[C@]1(O)C(=O)N(CCc2ccccc2)c2ccc(Br)cc21)c1ccccn1. The number of anilines is 1. The third kappa shape index (κ3) is 3.73. The number of hydrogen-bond donors (Lipinski definition) is 1. The summed E-state index contributed by atoms with van der Waals surface area (Å²) < 4.78 is 0.734. The van der Waals surface area contributed by atoms with E-state index in [4.69, 9.17) is 0 Å². The summed E-state index contributed by atoms with van der Waals surface area (Å²) in [4.78, 5) is 31.6. The van der Waals surface area contributed by atoms with Gasteiger partial charge >= 0.3 is 0 Å². The van der Waals surface area contributed by atoms with Crippen molar-refractivity contribution in [3.05, 3.63) is 94.2 Å². The van der Waals surface area contributed by atoms with E-state index >= 15 is 0 Å². The summed E-state index contributed by atoms with van der Waals surface area (Å²) in [6, 6.07) is 20.2. The number of fused-ring (bicyclic) bond motifs is 1. The van der Waals surface area contributed by atoms with Crippen LogP contribution in [0.3, 0.4) is 0 Å². The summed E-state index contributed by atoms with van der Waals surface area (Å²) >= 11 is 3.41. The molecule has 1 aliphatic rings. The van der Waals surface area contributed by atoms with Crippen molar-refractivity contribution >= 4 is 33.3 Å². The predicted molar refractivity (Wildman–Crippen MR) is 114 cm³/mol. The first kappa shape index (κ1) is 19.5. The third-order valence-corrected chi connectivity index (χ3v) is 5.62. The van der Waals surface area contributed by atoms with Gasteiger partial charge < -0.3 is 10.0 Å². The summed E-state index contributed by atoms with van der Waals surface area (Å²) in [6.07, 6.45) is 1.81. The Morgan fingerprint density at radius 3 is 2.55 bits per heavy atom. The van der Waals surface area contributed by atoms with Crippen molar-refractivity contribution in [2.24, 2.45) is 0 Å². The van der Waals surface area contributed by atoms with Crippen LogP contribution >= 0.6 is 15.9 Å². The fourth-order valence-corrected chi connectivity index (χ4v) is 4.01. The zero-order valence-electron chi connectivity index (χ0n) is 15.6. The highest BCUT2D eigenvalue weighted by Gasteiger charge is 2.51. The number of benzene rings is 2. The zero-order valence-corrected chi connectivity index (χ0v) is 17.2. The summed E-state index contributed by atoms with van der Waals surface area (Å²) in [6.45, 7) is 0.414. The Labute approximate surface area is 177 Å². The Hall–Kier alpha value is -2.83. The molecule has 1 atom stereocenters. The molecule has 1 amide bonds. The Bertz CT molecular complexity index is 1060. The maximum absolute atomic E-state index is 13.3. The molecule has 0 saturated carbocycles. The number of hydrogen-bond acceptors (Lipinski definition) is 4. The molecule has 2 heterocycles. The van der Waals surface area contributed by atoms with Crippen LogP contribution in [0.25, 0.3) is 0 Å². The maximum atomic E-state index is 13.3. The second kappa shape index (κ2) is 7.89. The number of carbonyl (C=O) groups excluding carboxylic acids is 2. The number of amides is 1. The Balaban J connectivity index is 1.65. The highest BCUT2D eigenvalue weighted by Crippen LogP contribution is 2.44. The van der Waals surface area contributed by atoms with Gasteiger partial charge in [0.1, 0.15) is 5.69 Å². The molecule has 0 spiro atoms. The van der Waals surface area contributed by atoms with Crippen LogP contribution in [0.15, 0.2) is 77.4 Å². The first-order valence-electron chi connectivity index (χ1n) is 9.31. The number of pyridine rings is 1. The van der Waals surface area contributed by atoms with Crippen molar-refractivity contribution in [2.75, 3.05) is 11.4 Å². The van der Waals surface area contributed by atoms with E-state index in [0.29, 0.717) is 24.2 Å². The molecule has 0 aliphatic carbocycles. The predicted octanol–water partition coefficient (Wildman–Crippen LogP) is 3.89. The monoisotopic (exact) mass is 450 g/mol. The average Bonchev–Trinajstić information content (AvgIpc) is 2.94. The second-order valence-corrected chi connectivity index (χ2v) is 7.94. The van der Waals surface area contributed by atoms with Crippen LogP contribution in [0.5, 0.6) is 0 Å². The molecule has 5 nitrogen and oxygen atoms in total. The minimum absolute atomic E-state index is 0.230. The number of halogens is 1. The van der Waals surface area contributed by atoms with E-state index in [1.165, 1.54) is 6.20 Å². The zero-order chi connectivity index (χ0) is 20.4. The molecule has 0 fully saturated rings. The molecule has 1 aromatic heterocycles. The molecule has 6 heteroatoms. The van der Waals surface area contributed by atoms with E-state index in [1.54, 1.807) is 35.2 Å². The van der Waals surface area contributed by atoms with E-state index in [9.17, 15) is 14.7 Å². The van der Waals surface area contributed by atoms with E-state index in [0.717, 1.165) is 10.0 Å². The Morgan fingerprint density at radius 2 is 1.83 bits per heavy atom. The number of Topliss-reactive ketones (excluding diaryl/α,β-unsaturated/α-hetero) is 1. The highest BCUT2D eigenvalue weighted by atomic mass is 79.9. The fraction of sp³-hybridized carbons (Fsp3) is 0.174. The fourth-order valence-electron chi connectivity index (χ4n) is 3.65. The number of carbonyl (C=O) groups is 2. The standard InChI is InChI=1S/C23H19BrN2O3/c24-17-9-10-20-18(14-17)23(29,15-21(27)19-8-4-5-12-25-19)22(28)26(20)13-11-16-6-2-1-3-7-16/h1-10,12,14,29H,11,13,15H2/t23-/m1/s1. The van der Waals surface area contributed by atoms with Crippen molar-refractivity contribution in [1.82, 2.24) is 4.98 Å². The number of ketones is 1. The Morgan fingerprint density at radius 1 is 1.07 bits per heavy atom. The van der Waals surface area contributed by atoms with Crippen LogP contribution in [-0.2, 0) is 16.8 Å². The van der Waals surface area contributed by atoms with Crippen molar-refractivity contribution in [3.63, 3.8) is 0 Å². The van der Waals surface area contributed by atoms with Crippen molar-refractivity contribution in [1.29, 1.82) is 0 Å². The summed E-state index contributed by atoms with van der Waals surface area (Å²) in [5, 5.41) is 11.4. The van der Waals surface area contributed by atoms with E-state index in [-0.39, 0.29) is 17.9 Å². The number of nitrogens with zero attached hydrogens (tertiary/aromatic N) is 2. The van der Waals surface area contributed by atoms with Gasteiger partial charge in [-0.15, -0.1) is 0 Å². The minimum atomic E-state index is -1.91. The molecule has 1 aliphatic heterocycles. The number of aliphatic hydroxyl groups is 1. The van der Waals surface area contributed by atoms with E-state index in [2.05, 4.69) is 20.9 Å². The molecule has 4 rings (SSSR count). The summed E-state index contributed by atoms with van der Waals surface area (Å²) in [5.41, 5.74) is 0.483. The molecule has 0 radical (unpaired) electrons. The third-order valence-electron chi connectivity index (χ3n) is 5.13. The van der Waals surface area contributed by atoms with Crippen molar-refractivity contribution in [2.45, 2.75) is 18.4 Å². The Kier molecular flexibility index (Phi) is 5.30. The van der Waals surface area contributed by atoms with Gasteiger partial charge in [-0.3, -0.25) is 14.6 Å². The first-order valence-corrected chi connectivity index (χ1v) is 10.1. The average molecular weight is 451 g/mol. The van der Waals surface area contributed by atoms with Crippen molar-refractivity contribution < 1.29 is 14.7 Å². The van der Waals surface area contributed by atoms with Gasteiger partial charge in [-0.1, -0.05) is 52.3 Å². The summed E-state index contributed by atoms with van der Waals surface area (Å²) in [5.74, 6) is -0.858. The van der Waals surface area contributed by atoms with Gasteiger partial charge in [-0.25, -0.2) is 0 Å². The quantitative estimate of drug-likeness (QED) is 0.578. The van der Waals surface area contributed by atoms with Crippen molar-refractivity contribution in [3.8, 4) is 0 Å². The molecule has 3 aromatic rings. The largest absolute Gasteiger partial charge is 0.375 e. The lowest BCUT2D eigenvalue weighted by Gasteiger charge is -2.22. The van der Waals surface area contributed by atoms with Gasteiger partial charge in [-0.05, 0) is 42.3 Å². The van der Waals surface area contributed by atoms with Crippen LogP contribution < -0.4 is 4.90 Å². The molecule has 0 bridgehead atoms.